The van der Waals surface area contributed by atoms with E-state index in [-0.39, 0.29) is 5.56 Å². The minimum Gasteiger partial charge on any atom is -0.315 e. The molecular weight excluding hydrogens is 248 g/mol. The predicted octanol–water partition coefficient (Wildman–Crippen LogP) is 2.78. The molecule has 0 aliphatic heterocycles. The molecule has 0 radical (unpaired) electrons. The van der Waals surface area contributed by atoms with Crippen LogP contribution in [0, 0.1) is 5.92 Å². The zero-order valence-electron chi connectivity index (χ0n) is 11.8. The minimum absolute atomic E-state index is 0.116. The molecule has 1 aromatic carbocycles. The number of nitrogens with one attached hydrogen (secondary N) is 1. The van der Waals surface area contributed by atoms with Gasteiger partial charge >= 0.3 is 0 Å². The molecule has 0 saturated heterocycles. The van der Waals surface area contributed by atoms with Gasteiger partial charge < -0.3 is 9.88 Å². The van der Waals surface area contributed by atoms with E-state index < -0.39 is 0 Å². The maximum absolute atomic E-state index is 12.3. The standard InChI is InChI=1S/C17H22N2O/c20-17-16-8-4-3-7-15(16)9-11-19(17)12-10-18-13-14-5-1-2-6-14/h3-4,7-9,11,14,18H,1-2,5-6,10,12-13H2. The highest BCUT2D eigenvalue weighted by Crippen LogP contribution is 2.23. The van der Waals surface area contributed by atoms with Gasteiger partial charge in [0.05, 0.1) is 0 Å². The molecule has 1 aliphatic carbocycles. The van der Waals surface area contributed by atoms with Gasteiger partial charge in [0.25, 0.3) is 5.56 Å². The lowest BCUT2D eigenvalue weighted by Crippen LogP contribution is -2.29. The Morgan fingerprint density at radius 1 is 1.15 bits per heavy atom. The van der Waals surface area contributed by atoms with Gasteiger partial charge in [-0.25, -0.2) is 0 Å². The largest absolute Gasteiger partial charge is 0.315 e. The second-order valence-corrected chi connectivity index (χ2v) is 5.76. The van der Waals surface area contributed by atoms with E-state index in [1.165, 1.54) is 25.7 Å². The van der Waals surface area contributed by atoms with Crippen LogP contribution >= 0.6 is 0 Å². The number of pyridine rings is 1. The third kappa shape index (κ3) is 2.93. The van der Waals surface area contributed by atoms with Crippen LogP contribution in [0.25, 0.3) is 10.8 Å². The van der Waals surface area contributed by atoms with Crippen LogP contribution in [0.1, 0.15) is 25.7 Å². The van der Waals surface area contributed by atoms with E-state index in [9.17, 15) is 4.79 Å². The lowest BCUT2D eigenvalue weighted by atomic mass is 10.1. The van der Waals surface area contributed by atoms with Crippen LogP contribution < -0.4 is 10.9 Å². The fourth-order valence-corrected chi connectivity index (χ4v) is 3.13. The van der Waals surface area contributed by atoms with Crippen LogP contribution in [0.15, 0.2) is 41.3 Å². The van der Waals surface area contributed by atoms with Crippen molar-refractivity contribution in [3.63, 3.8) is 0 Å². The number of hydrogen-bond acceptors (Lipinski definition) is 2. The molecule has 0 atom stereocenters. The zero-order valence-corrected chi connectivity index (χ0v) is 11.8. The summed E-state index contributed by atoms with van der Waals surface area (Å²) in [5.74, 6) is 0.850. The van der Waals surface area contributed by atoms with Crippen molar-refractivity contribution in [2.24, 2.45) is 5.92 Å². The lowest BCUT2D eigenvalue weighted by molar-refractivity contribution is 0.474. The van der Waals surface area contributed by atoms with E-state index in [1.54, 1.807) is 0 Å². The molecule has 0 amide bonds. The van der Waals surface area contributed by atoms with Crippen molar-refractivity contribution in [2.75, 3.05) is 13.1 Å². The second-order valence-electron chi connectivity index (χ2n) is 5.76. The average molecular weight is 270 g/mol. The van der Waals surface area contributed by atoms with Crippen molar-refractivity contribution >= 4 is 10.8 Å². The molecule has 0 bridgehead atoms. The molecule has 1 aromatic heterocycles. The van der Waals surface area contributed by atoms with Crippen LogP contribution in [0.3, 0.4) is 0 Å². The normalized spacial score (nSPS) is 16.0. The summed E-state index contributed by atoms with van der Waals surface area (Å²) in [6.07, 6.45) is 7.40. The van der Waals surface area contributed by atoms with Gasteiger partial charge in [0.2, 0.25) is 0 Å². The van der Waals surface area contributed by atoms with Gasteiger partial charge in [0.15, 0.2) is 0 Å². The lowest BCUT2D eigenvalue weighted by Gasteiger charge is -2.11. The van der Waals surface area contributed by atoms with Crippen LogP contribution in [0.5, 0.6) is 0 Å². The van der Waals surface area contributed by atoms with Crippen LogP contribution in [0.4, 0.5) is 0 Å². The quantitative estimate of drug-likeness (QED) is 0.848. The van der Waals surface area contributed by atoms with Gasteiger partial charge in [0, 0.05) is 24.7 Å². The number of nitrogens with zero attached hydrogens (tertiary/aromatic N) is 1. The third-order valence-corrected chi connectivity index (χ3v) is 4.32. The Hall–Kier alpha value is -1.61. The molecule has 1 fully saturated rings. The van der Waals surface area contributed by atoms with Gasteiger partial charge in [0.1, 0.15) is 0 Å². The van der Waals surface area contributed by atoms with E-state index in [2.05, 4.69) is 5.32 Å². The SMILES string of the molecule is O=c1c2ccccc2ccn1CCNCC1CCCC1. The van der Waals surface area contributed by atoms with Crippen molar-refractivity contribution in [1.82, 2.24) is 9.88 Å². The first-order valence-electron chi connectivity index (χ1n) is 7.63. The van der Waals surface area contributed by atoms with Crippen LogP contribution in [-0.4, -0.2) is 17.7 Å². The molecule has 3 heteroatoms. The molecule has 3 rings (SSSR count). The van der Waals surface area contributed by atoms with E-state index in [4.69, 9.17) is 0 Å². The summed E-state index contributed by atoms with van der Waals surface area (Å²) in [6.45, 7) is 2.72. The first-order chi connectivity index (χ1) is 9.84. The summed E-state index contributed by atoms with van der Waals surface area (Å²) in [6, 6.07) is 9.80. The number of fused-ring (bicyclic) bond motifs is 1. The monoisotopic (exact) mass is 270 g/mol. The molecule has 20 heavy (non-hydrogen) atoms. The Morgan fingerprint density at radius 3 is 2.80 bits per heavy atom. The Kier molecular flexibility index (Phi) is 4.16. The summed E-state index contributed by atoms with van der Waals surface area (Å²) in [5.41, 5.74) is 0.116. The molecule has 0 spiro atoms. The summed E-state index contributed by atoms with van der Waals surface area (Å²) >= 11 is 0. The topological polar surface area (TPSA) is 34.0 Å². The number of benzene rings is 1. The summed E-state index contributed by atoms with van der Waals surface area (Å²) < 4.78 is 1.81. The Balaban J connectivity index is 1.60. The van der Waals surface area contributed by atoms with Crippen LogP contribution in [0.2, 0.25) is 0 Å². The highest BCUT2D eigenvalue weighted by atomic mass is 16.1. The Bertz CT molecular complexity index is 626. The number of hydrogen-bond donors (Lipinski definition) is 1. The van der Waals surface area contributed by atoms with Gasteiger partial charge in [-0.3, -0.25) is 4.79 Å². The van der Waals surface area contributed by atoms with Crippen molar-refractivity contribution < 1.29 is 0 Å². The summed E-state index contributed by atoms with van der Waals surface area (Å²) in [4.78, 5) is 12.3. The first kappa shape index (κ1) is 13.4. The van der Waals surface area contributed by atoms with E-state index >= 15 is 0 Å². The smallest absolute Gasteiger partial charge is 0.258 e. The number of aromatic nitrogens is 1. The van der Waals surface area contributed by atoms with E-state index in [1.807, 2.05) is 41.1 Å². The molecule has 0 unspecified atom stereocenters. The molecule has 1 N–H and O–H groups in total. The molecule has 1 saturated carbocycles. The van der Waals surface area contributed by atoms with Crippen molar-refractivity contribution in [1.29, 1.82) is 0 Å². The van der Waals surface area contributed by atoms with Crippen molar-refractivity contribution in [3.05, 3.63) is 46.9 Å². The molecule has 2 aromatic rings. The highest BCUT2D eigenvalue weighted by Gasteiger charge is 2.13. The Labute approximate surface area is 119 Å². The molecule has 1 aliphatic rings. The molecule has 106 valence electrons. The van der Waals surface area contributed by atoms with E-state index in [0.717, 1.165) is 36.3 Å². The molecule has 1 heterocycles. The van der Waals surface area contributed by atoms with Gasteiger partial charge in [-0.2, -0.15) is 0 Å². The first-order valence-corrected chi connectivity index (χ1v) is 7.63. The van der Waals surface area contributed by atoms with Crippen molar-refractivity contribution in [3.8, 4) is 0 Å². The predicted molar refractivity (Wildman–Crippen MR) is 83.0 cm³/mol. The molecule has 3 nitrogen and oxygen atoms in total. The summed E-state index contributed by atoms with van der Waals surface area (Å²) in [5, 5.41) is 5.32. The third-order valence-electron chi connectivity index (χ3n) is 4.32. The maximum atomic E-state index is 12.3. The Morgan fingerprint density at radius 2 is 1.95 bits per heavy atom. The number of rotatable bonds is 5. The fourth-order valence-electron chi connectivity index (χ4n) is 3.13. The highest BCUT2D eigenvalue weighted by molar-refractivity contribution is 5.81. The van der Waals surface area contributed by atoms with Gasteiger partial charge in [-0.1, -0.05) is 31.0 Å². The fraction of sp³-hybridized carbons (Fsp3) is 0.471. The van der Waals surface area contributed by atoms with Gasteiger partial charge in [-0.15, -0.1) is 0 Å². The molecular formula is C17H22N2O. The summed E-state index contributed by atoms with van der Waals surface area (Å²) in [7, 11) is 0. The van der Waals surface area contributed by atoms with Crippen LogP contribution in [-0.2, 0) is 6.54 Å². The maximum Gasteiger partial charge on any atom is 0.258 e. The van der Waals surface area contributed by atoms with E-state index in [0.29, 0.717) is 0 Å². The minimum atomic E-state index is 0.116. The average Bonchev–Trinajstić information content (AvgIpc) is 2.99. The van der Waals surface area contributed by atoms with Gasteiger partial charge in [-0.05, 0) is 42.8 Å². The second kappa shape index (κ2) is 6.23. The van der Waals surface area contributed by atoms with Crippen molar-refractivity contribution in [2.45, 2.75) is 32.2 Å². The zero-order chi connectivity index (χ0) is 13.8.